The zero-order valence-electron chi connectivity index (χ0n) is 10.9. The van der Waals surface area contributed by atoms with Crippen molar-refractivity contribution in [2.45, 2.75) is 19.6 Å². The van der Waals surface area contributed by atoms with E-state index >= 15 is 0 Å². The lowest BCUT2D eigenvalue weighted by molar-refractivity contribution is 0.171. The van der Waals surface area contributed by atoms with Gasteiger partial charge >= 0.3 is 0 Å². The molecular weight excluding hydrogens is 278 g/mol. The van der Waals surface area contributed by atoms with Crippen molar-refractivity contribution >= 4 is 11.6 Å². The Labute approximate surface area is 121 Å². The molecule has 0 radical (unpaired) electrons. The molecule has 0 saturated heterocycles. The normalized spacial score (nSPS) is 16.2. The predicted molar refractivity (Wildman–Crippen MR) is 74.3 cm³/mol. The molecule has 4 rings (SSSR count). The first kappa shape index (κ1) is 12.1. The second kappa shape index (κ2) is 4.68. The molecule has 0 bridgehead atoms. The smallest absolute Gasteiger partial charge is 0.179 e. The molecular formula is C14H14ClN3O2. The van der Waals surface area contributed by atoms with Gasteiger partial charge < -0.3 is 14.8 Å². The average Bonchev–Trinajstić information content (AvgIpc) is 2.99. The average molecular weight is 292 g/mol. The van der Waals surface area contributed by atoms with Gasteiger partial charge in [0.25, 0.3) is 0 Å². The Hall–Kier alpha value is -1.72. The second-order valence-corrected chi connectivity index (χ2v) is 5.41. The molecule has 2 aliphatic heterocycles. The molecule has 5 nitrogen and oxygen atoms in total. The van der Waals surface area contributed by atoms with E-state index in [2.05, 4.69) is 16.6 Å². The fourth-order valence-electron chi connectivity index (χ4n) is 2.64. The van der Waals surface area contributed by atoms with Crippen molar-refractivity contribution in [3.05, 3.63) is 40.2 Å². The van der Waals surface area contributed by atoms with Gasteiger partial charge in [0, 0.05) is 24.8 Å². The highest BCUT2D eigenvalue weighted by molar-refractivity contribution is 6.32. The van der Waals surface area contributed by atoms with Gasteiger partial charge in [0.05, 0.1) is 17.3 Å². The molecule has 3 heterocycles. The van der Waals surface area contributed by atoms with Crippen LogP contribution in [0.1, 0.15) is 16.8 Å². The van der Waals surface area contributed by atoms with Crippen LogP contribution >= 0.6 is 11.6 Å². The van der Waals surface area contributed by atoms with Crippen molar-refractivity contribution in [1.29, 1.82) is 0 Å². The minimum atomic E-state index is 0.547. The van der Waals surface area contributed by atoms with Gasteiger partial charge in [-0.3, -0.25) is 4.68 Å². The van der Waals surface area contributed by atoms with Gasteiger partial charge in [0.15, 0.2) is 11.5 Å². The number of halogens is 1. The summed E-state index contributed by atoms with van der Waals surface area (Å²) in [5.74, 6) is 1.37. The molecule has 2 aromatic rings. The quantitative estimate of drug-likeness (QED) is 0.919. The summed E-state index contributed by atoms with van der Waals surface area (Å²) in [6.07, 6.45) is 2.08. The molecule has 0 saturated carbocycles. The maximum Gasteiger partial charge on any atom is 0.179 e. The second-order valence-electron chi connectivity index (χ2n) is 5.00. The molecule has 1 aromatic heterocycles. The largest absolute Gasteiger partial charge is 0.486 e. The van der Waals surface area contributed by atoms with Crippen molar-refractivity contribution in [1.82, 2.24) is 15.1 Å². The minimum absolute atomic E-state index is 0.547. The number of hydrogen-bond acceptors (Lipinski definition) is 4. The molecule has 20 heavy (non-hydrogen) atoms. The van der Waals surface area contributed by atoms with Crippen LogP contribution in [0.2, 0.25) is 5.02 Å². The monoisotopic (exact) mass is 291 g/mol. The SMILES string of the molecule is Clc1cc(Cn2cc3c(n2)CNC3)cc2c1OCCO2. The zero-order chi connectivity index (χ0) is 13.5. The number of fused-ring (bicyclic) bond motifs is 2. The number of nitrogens with zero attached hydrogens (tertiary/aromatic N) is 2. The number of rotatable bonds is 2. The molecule has 6 heteroatoms. The highest BCUT2D eigenvalue weighted by Gasteiger charge is 2.18. The van der Waals surface area contributed by atoms with E-state index in [1.807, 2.05) is 16.8 Å². The molecule has 104 valence electrons. The number of aromatic nitrogens is 2. The van der Waals surface area contributed by atoms with E-state index in [0.29, 0.717) is 30.5 Å². The Bertz CT molecular complexity index is 647. The van der Waals surface area contributed by atoms with Crippen LogP contribution in [0.25, 0.3) is 0 Å². The summed E-state index contributed by atoms with van der Waals surface area (Å²) in [6.45, 7) is 3.55. The molecule has 0 unspecified atom stereocenters. The summed E-state index contributed by atoms with van der Waals surface area (Å²) in [5.41, 5.74) is 3.47. The lowest BCUT2D eigenvalue weighted by atomic mass is 10.2. The Morgan fingerprint density at radius 2 is 2.15 bits per heavy atom. The van der Waals surface area contributed by atoms with E-state index in [9.17, 15) is 0 Å². The Morgan fingerprint density at radius 1 is 1.25 bits per heavy atom. The standard InChI is InChI=1S/C14H14ClN3O2/c15-11-3-9(4-13-14(11)20-2-1-19-13)7-18-8-10-5-16-6-12(10)17-18/h3-4,8,16H,1-2,5-7H2. The summed E-state index contributed by atoms with van der Waals surface area (Å²) in [5, 5.41) is 8.44. The summed E-state index contributed by atoms with van der Waals surface area (Å²) < 4.78 is 13.1. The first-order valence-electron chi connectivity index (χ1n) is 6.63. The van der Waals surface area contributed by atoms with E-state index in [-0.39, 0.29) is 0 Å². The van der Waals surface area contributed by atoms with Crippen LogP contribution in [0, 0.1) is 0 Å². The van der Waals surface area contributed by atoms with Gasteiger partial charge in [-0.05, 0) is 17.7 Å². The summed E-state index contributed by atoms with van der Waals surface area (Å²) in [6, 6.07) is 3.89. The third kappa shape index (κ3) is 2.03. The van der Waals surface area contributed by atoms with Crippen molar-refractivity contribution in [3.63, 3.8) is 0 Å². The van der Waals surface area contributed by atoms with Gasteiger partial charge in [-0.2, -0.15) is 5.10 Å². The van der Waals surface area contributed by atoms with Crippen molar-refractivity contribution in [2.24, 2.45) is 0 Å². The highest BCUT2D eigenvalue weighted by atomic mass is 35.5. The molecule has 1 aromatic carbocycles. The van der Waals surface area contributed by atoms with Gasteiger partial charge in [0.2, 0.25) is 0 Å². The maximum atomic E-state index is 6.24. The Morgan fingerprint density at radius 3 is 3.05 bits per heavy atom. The van der Waals surface area contributed by atoms with Crippen LogP contribution in [0.4, 0.5) is 0 Å². The molecule has 0 aliphatic carbocycles. The number of nitrogens with one attached hydrogen (secondary N) is 1. The van der Waals surface area contributed by atoms with Crippen molar-refractivity contribution < 1.29 is 9.47 Å². The number of ether oxygens (including phenoxy) is 2. The van der Waals surface area contributed by atoms with Crippen LogP contribution in [0.3, 0.4) is 0 Å². The highest BCUT2D eigenvalue weighted by Crippen LogP contribution is 2.38. The lowest BCUT2D eigenvalue weighted by Crippen LogP contribution is -2.16. The van der Waals surface area contributed by atoms with Gasteiger partial charge in [-0.15, -0.1) is 0 Å². The van der Waals surface area contributed by atoms with E-state index < -0.39 is 0 Å². The maximum absolute atomic E-state index is 6.24. The van der Waals surface area contributed by atoms with Gasteiger partial charge in [0.1, 0.15) is 13.2 Å². The van der Waals surface area contributed by atoms with Crippen molar-refractivity contribution in [2.75, 3.05) is 13.2 Å². The zero-order valence-corrected chi connectivity index (χ0v) is 11.6. The van der Waals surface area contributed by atoms with Crippen LogP contribution < -0.4 is 14.8 Å². The minimum Gasteiger partial charge on any atom is -0.486 e. The first-order chi connectivity index (χ1) is 9.79. The molecule has 1 N–H and O–H groups in total. The predicted octanol–water partition coefficient (Wildman–Crippen LogP) is 1.96. The van der Waals surface area contributed by atoms with Crippen molar-refractivity contribution in [3.8, 4) is 11.5 Å². The van der Waals surface area contributed by atoms with E-state index in [1.165, 1.54) is 5.56 Å². The summed E-state index contributed by atoms with van der Waals surface area (Å²) in [4.78, 5) is 0. The molecule has 2 aliphatic rings. The molecule has 0 amide bonds. The Kier molecular flexibility index (Phi) is 2.82. The van der Waals surface area contributed by atoms with Crippen LogP contribution in [-0.4, -0.2) is 23.0 Å². The third-order valence-electron chi connectivity index (χ3n) is 3.53. The Balaban J connectivity index is 1.63. The van der Waals surface area contributed by atoms with Crippen LogP contribution in [0.15, 0.2) is 18.3 Å². The first-order valence-corrected chi connectivity index (χ1v) is 7.01. The fourth-order valence-corrected chi connectivity index (χ4v) is 2.93. The van der Waals surface area contributed by atoms with Gasteiger partial charge in [-0.25, -0.2) is 0 Å². The summed E-state index contributed by atoms with van der Waals surface area (Å²) >= 11 is 6.24. The van der Waals surface area contributed by atoms with E-state index in [4.69, 9.17) is 21.1 Å². The fraction of sp³-hybridized carbons (Fsp3) is 0.357. The van der Waals surface area contributed by atoms with Gasteiger partial charge in [-0.1, -0.05) is 11.6 Å². The van der Waals surface area contributed by atoms with Crippen LogP contribution in [-0.2, 0) is 19.6 Å². The summed E-state index contributed by atoms with van der Waals surface area (Å²) in [7, 11) is 0. The molecule has 0 atom stereocenters. The molecule has 0 spiro atoms. The van der Waals surface area contributed by atoms with Crippen LogP contribution in [0.5, 0.6) is 11.5 Å². The van der Waals surface area contributed by atoms with E-state index in [1.54, 1.807) is 0 Å². The number of hydrogen-bond donors (Lipinski definition) is 1. The molecule has 0 fully saturated rings. The van der Waals surface area contributed by atoms with E-state index in [0.717, 1.165) is 30.1 Å². The third-order valence-corrected chi connectivity index (χ3v) is 3.81. The topological polar surface area (TPSA) is 48.3 Å². The lowest BCUT2D eigenvalue weighted by Gasteiger charge is -2.20. The number of benzene rings is 1.